The number of hydrogen-bond acceptors (Lipinski definition) is 4. The van der Waals surface area contributed by atoms with Crippen molar-refractivity contribution < 1.29 is 13.2 Å². The molecule has 0 heterocycles. The summed E-state index contributed by atoms with van der Waals surface area (Å²) in [6.07, 6.45) is 4.42. The van der Waals surface area contributed by atoms with E-state index < -0.39 is 10.0 Å². The molecule has 0 bridgehead atoms. The maximum atomic E-state index is 11.6. The van der Waals surface area contributed by atoms with Gasteiger partial charge in [-0.1, -0.05) is 25.0 Å². The lowest BCUT2D eigenvalue weighted by atomic mass is 10.1. The van der Waals surface area contributed by atoms with Gasteiger partial charge in [0.05, 0.1) is 4.90 Å². The monoisotopic (exact) mass is 313 g/mol. The molecule has 0 unspecified atom stereocenters. The zero-order valence-corrected chi connectivity index (χ0v) is 12.9. The third kappa shape index (κ3) is 7.22. The Morgan fingerprint density at radius 3 is 2.24 bits per heavy atom. The fraction of sp³-hybridized carbons (Fsp3) is 0.500. The second kappa shape index (κ2) is 8.76. The number of carbonyl (C=O) groups is 1. The molecule has 1 rings (SSSR count). The molecule has 0 aliphatic rings. The van der Waals surface area contributed by atoms with E-state index in [2.05, 4.69) is 5.32 Å². The van der Waals surface area contributed by atoms with Crippen molar-refractivity contribution in [2.75, 3.05) is 6.54 Å². The minimum absolute atomic E-state index is 0.00160. The lowest BCUT2D eigenvalue weighted by Gasteiger charge is -2.06. The van der Waals surface area contributed by atoms with E-state index in [-0.39, 0.29) is 10.8 Å². The normalized spacial score (nSPS) is 11.3. The van der Waals surface area contributed by atoms with E-state index in [4.69, 9.17) is 10.9 Å². The fourth-order valence-corrected chi connectivity index (χ4v) is 2.38. The minimum Gasteiger partial charge on any atom is -0.352 e. The Morgan fingerprint density at radius 1 is 1.05 bits per heavy atom. The van der Waals surface area contributed by atoms with Crippen molar-refractivity contribution in [3.63, 3.8) is 0 Å². The first-order valence-corrected chi connectivity index (χ1v) is 8.56. The van der Waals surface area contributed by atoms with E-state index in [0.717, 1.165) is 31.2 Å². The Hall–Kier alpha value is -1.44. The third-order valence-corrected chi connectivity index (χ3v) is 4.03. The van der Waals surface area contributed by atoms with Gasteiger partial charge in [0.1, 0.15) is 0 Å². The van der Waals surface area contributed by atoms with Gasteiger partial charge in [-0.2, -0.15) is 0 Å². The molecule has 0 aromatic heterocycles. The molecule has 0 saturated carbocycles. The highest BCUT2D eigenvalue weighted by Crippen LogP contribution is 2.09. The van der Waals surface area contributed by atoms with Crippen LogP contribution in [0.5, 0.6) is 0 Å². The van der Waals surface area contributed by atoms with Crippen molar-refractivity contribution in [1.82, 2.24) is 5.32 Å². The van der Waals surface area contributed by atoms with Gasteiger partial charge in [0, 0.05) is 13.0 Å². The highest BCUT2D eigenvalue weighted by Gasteiger charge is 2.07. The Kier molecular flexibility index (Phi) is 7.35. The summed E-state index contributed by atoms with van der Waals surface area (Å²) in [5.74, 6) is -0.00160. The number of nitrogens with one attached hydrogen (secondary N) is 1. The quantitative estimate of drug-likeness (QED) is 0.586. The van der Waals surface area contributed by atoms with Crippen LogP contribution in [0.2, 0.25) is 0 Å². The van der Waals surface area contributed by atoms with Crippen LogP contribution in [-0.4, -0.2) is 20.9 Å². The van der Waals surface area contributed by atoms with Crippen molar-refractivity contribution in [3.05, 3.63) is 29.8 Å². The molecule has 5 N–H and O–H groups in total. The van der Waals surface area contributed by atoms with Crippen molar-refractivity contribution >= 4 is 15.9 Å². The first-order chi connectivity index (χ1) is 9.93. The number of benzene rings is 1. The van der Waals surface area contributed by atoms with E-state index in [9.17, 15) is 13.2 Å². The number of sulfonamides is 1. The number of primary sulfonamides is 1. The fourth-order valence-electron chi connectivity index (χ4n) is 1.87. The molecule has 21 heavy (non-hydrogen) atoms. The van der Waals surface area contributed by atoms with Gasteiger partial charge < -0.3 is 11.1 Å². The molecule has 1 aromatic rings. The van der Waals surface area contributed by atoms with Crippen LogP contribution in [0, 0.1) is 0 Å². The van der Waals surface area contributed by atoms with E-state index in [1.165, 1.54) is 12.1 Å². The molecule has 0 fully saturated rings. The summed E-state index contributed by atoms with van der Waals surface area (Å²) in [5.41, 5.74) is 6.23. The van der Waals surface area contributed by atoms with Crippen molar-refractivity contribution in [2.24, 2.45) is 10.9 Å². The number of carbonyl (C=O) groups excluding carboxylic acids is 1. The van der Waals surface area contributed by atoms with Crippen LogP contribution in [0.15, 0.2) is 29.2 Å². The molecule has 7 heteroatoms. The van der Waals surface area contributed by atoms with Crippen molar-refractivity contribution in [1.29, 1.82) is 0 Å². The summed E-state index contributed by atoms with van der Waals surface area (Å²) in [5, 5.41) is 7.82. The number of rotatable bonds is 9. The Morgan fingerprint density at radius 2 is 1.67 bits per heavy atom. The first kappa shape index (κ1) is 17.6. The summed E-state index contributed by atoms with van der Waals surface area (Å²) in [6.45, 7) is 1.08. The van der Waals surface area contributed by atoms with Gasteiger partial charge in [0.2, 0.25) is 15.9 Å². The van der Waals surface area contributed by atoms with Crippen LogP contribution in [0.3, 0.4) is 0 Å². The summed E-state index contributed by atoms with van der Waals surface area (Å²) in [7, 11) is -3.67. The highest BCUT2D eigenvalue weighted by molar-refractivity contribution is 7.89. The lowest BCUT2D eigenvalue weighted by molar-refractivity contribution is -0.121. The molecular formula is C14H23N3O3S. The predicted octanol–water partition coefficient (Wildman–Crippen LogP) is 0.859. The van der Waals surface area contributed by atoms with Crippen LogP contribution in [0.4, 0.5) is 0 Å². The van der Waals surface area contributed by atoms with Crippen molar-refractivity contribution in [2.45, 2.75) is 43.5 Å². The average Bonchev–Trinajstić information content (AvgIpc) is 2.44. The molecule has 0 aliphatic carbocycles. The third-order valence-electron chi connectivity index (χ3n) is 3.10. The van der Waals surface area contributed by atoms with E-state index in [1.807, 2.05) is 0 Å². The summed E-state index contributed by atoms with van der Waals surface area (Å²) in [4.78, 5) is 11.7. The lowest BCUT2D eigenvalue weighted by Crippen LogP contribution is -2.22. The Balaban J connectivity index is 2.30. The number of hydrogen-bond donors (Lipinski definition) is 3. The Bertz CT molecular complexity index is 541. The summed E-state index contributed by atoms with van der Waals surface area (Å²) < 4.78 is 22.2. The predicted molar refractivity (Wildman–Crippen MR) is 81.8 cm³/mol. The van der Waals surface area contributed by atoms with Gasteiger partial charge in [-0.05, 0) is 37.1 Å². The molecule has 0 radical (unpaired) electrons. The van der Waals surface area contributed by atoms with Gasteiger partial charge in [-0.15, -0.1) is 0 Å². The van der Waals surface area contributed by atoms with Crippen molar-refractivity contribution in [3.8, 4) is 0 Å². The molecule has 6 nitrogen and oxygen atoms in total. The zero-order valence-electron chi connectivity index (χ0n) is 12.0. The minimum atomic E-state index is -3.67. The van der Waals surface area contributed by atoms with Crippen LogP contribution in [0.25, 0.3) is 0 Å². The van der Waals surface area contributed by atoms with Gasteiger partial charge in [-0.3, -0.25) is 4.79 Å². The number of unbranched alkanes of at least 4 members (excludes halogenated alkanes) is 3. The van der Waals surface area contributed by atoms with E-state index in [1.54, 1.807) is 12.1 Å². The summed E-state index contributed by atoms with van der Waals surface area (Å²) >= 11 is 0. The second-order valence-corrected chi connectivity index (χ2v) is 6.48. The maximum absolute atomic E-state index is 11.6. The largest absolute Gasteiger partial charge is 0.352 e. The number of amides is 1. The SMILES string of the molecule is NCCCCCCC(=O)NCc1ccc(S(N)(=O)=O)cc1. The van der Waals surface area contributed by atoms with Crippen LogP contribution < -0.4 is 16.2 Å². The average molecular weight is 313 g/mol. The summed E-state index contributed by atoms with van der Waals surface area (Å²) in [6, 6.07) is 6.15. The van der Waals surface area contributed by atoms with E-state index >= 15 is 0 Å². The van der Waals surface area contributed by atoms with Gasteiger partial charge in [0.25, 0.3) is 0 Å². The standard InChI is InChI=1S/C14H23N3O3S/c15-10-4-2-1-3-5-14(18)17-11-12-6-8-13(9-7-12)21(16,19)20/h6-9H,1-5,10-11,15H2,(H,17,18)(H2,16,19,20). The molecule has 0 aliphatic heterocycles. The smallest absolute Gasteiger partial charge is 0.238 e. The van der Waals surface area contributed by atoms with Gasteiger partial charge >= 0.3 is 0 Å². The molecule has 0 atom stereocenters. The zero-order chi connectivity index (χ0) is 15.7. The first-order valence-electron chi connectivity index (χ1n) is 7.02. The molecule has 0 spiro atoms. The second-order valence-electron chi connectivity index (χ2n) is 4.92. The molecule has 1 amide bonds. The maximum Gasteiger partial charge on any atom is 0.238 e. The van der Waals surface area contributed by atoms with Crippen LogP contribution in [0.1, 0.15) is 37.7 Å². The van der Waals surface area contributed by atoms with E-state index in [0.29, 0.717) is 19.5 Å². The highest BCUT2D eigenvalue weighted by atomic mass is 32.2. The van der Waals surface area contributed by atoms with Crippen LogP contribution in [-0.2, 0) is 21.4 Å². The van der Waals surface area contributed by atoms with Gasteiger partial charge in [0.15, 0.2) is 0 Å². The molecule has 0 saturated heterocycles. The molecular weight excluding hydrogens is 290 g/mol. The van der Waals surface area contributed by atoms with Crippen LogP contribution >= 0.6 is 0 Å². The van der Waals surface area contributed by atoms with Gasteiger partial charge in [-0.25, -0.2) is 13.6 Å². The topological polar surface area (TPSA) is 115 Å². The number of nitrogens with two attached hydrogens (primary N) is 2. The molecule has 1 aromatic carbocycles. The molecule has 118 valence electrons. The Labute approximate surface area is 126 Å².